The van der Waals surface area contributed by atoms with Gasteiger partial charge >= 0.3 is 5.69 Å². The van der Waals surface area contributed by atoms with Crippen LogP contribution in [0.2, 0.25) is 0 Å². The van der Waals surface area contributed by atoms with Gasteiger partial charge in [-0.2, -0.15) is 0 Å². The average molecular weight is 402 g/mol. The molecule has 1 aliphatic heterocycles. The number of aryl methyl sites for hydroxylation is 1. The lowest BCUT2D eigenvalue weighted by Crippen LogP contribution is -2.37. The highest BCUT2D eigenvalue weighted by Gasteiger charge is 2.44. The van der Waals surface area contributed by atoms with Gasteiger partial charge in [0.05, 0.1) is 24.2 Å². The summed E-state index contributed by atoms with van der Waals surface area (Å²) < 4.78 is 12.8. The lowest BCUT2D eigenvalue weighted by atomic mass is 10.0. The molecule has 9 nitrogen and oxygen atoms in total. The molecular formula is C20H26N4O5. The van der Waals surface area contributed by atoms with E-state index in [0.717, 1.165) is 12.8 Å². The van der Waals surface area contributed by atoms with E-state index in [1.165, 1.54) is 4.57 Å². The monoisotopic (exact) mass is 402 g/mol. The molecule has 1 atom stereocenters. The smallest absolute Gasteiger partial charge is 0.329 e. The first-order valence-corrected chi connectivity index (χ1v) is 10.1. The number of carbonyl (C=O) groups excluding carboxylic acids is 1. The topological polar surface area (TPSA) is 115 Å². The molecule has 1 amide bonds. The van der Waals surface area contributed by atoms with Gasteiger partial charge in [0.2, 0.25) is 0 Å². The first kappa shape index (κ1) is 19.8. The van der Waals surface area contributed by atoms with E-state index in [1.54, 1.807) is 13.0 Å². The molecule has 1 saturated heterocycles. The van der Waals surface area contributed by atoms with Gasteiger partial charge in [-0.1, -0.05) is 13.8 Å². The number of nitrogens with one attached hydrogen (secondary N) is 2. The minimum atomic E-state index is -0.604. The van der Waals surface area contributed by atoms with Crippen molar-refractivity contribution >= 4 is 16.9 Å². The summed E-state index contributed by atoms with van der Waals surface area (Å²) in [5.74, 6) is -0.923. The average Bonchev–Trinajstić information content (AvgIpc) is 3.30. The number of hydrogen-bond acceptors (Lipinski definition) is 6. The zero-order valence-electron chi connectivity index (χ0n) is 16.9. The molecule has 2 N–H and O–H groups in total. The van der Waals surface area contributed by atoms with E-state index in [9.17, 15) is 14.4 Å². The molecule has 2 aliphatic rings. The van der Waals surface area contributed by atoms with Crippen molar-refractivity contribution in [2.45, 2.75) is 64.3 Å². The Kier molecular flexibility index (Phi) is 5.04. The standard InChI is InChI=1S/C20H26N4O5/c1-4-24-16-15(18(26)23-19(24)27)13(9-14(22-16)11(2)3)17(25)21-12-5-6-20(10-12)28-7-8-29-20/h9,11-12H,4-8,10H2,1-3H3,(H,21,25)(H,23,26,27). The van der Waals surface area contributed by atoms with E-state index in [0.29, 0.717) is 31.9 Å². The maximum absolute atomic E-state index is 13.2. The second-order valence-corrected chi connectivity index (χ2v) is 7.97. The van der Waals surface area contributed by atoms with Crippen LogP contribution >= 0.6 is 0 Å². The fourth-order valence-electron chi connectivity index (χ4n) is 4.18. The lowest BCUT2D eigenvalue weighted by Gasteiger charge is -2.22. The van der Waals surface area contributed by atoms with Gasteiger partial charge in [0, 0.05) is 31.1 Å². The molecule has 0 aromatic carbocycles. The molecular weight excluding hydrogens is 376 g/mol. The molecule has 156 valence electrons. The van der Waals surface area contributed by atoms with Crippen molar-refractivity contribution in [3.63, 3.8) is 0 Å². The summed E-state index contributed by atoms with van der Waals surface area (Å²) in [6.45, 7) is 7.16. The molecule has 1 unspecified atom stereocenters. The van der Waals surface area contributed by atoms with Gasteiger partial charge in [-0.25, -0.2) is 9.78 Å². The van der Waals surface area contributed by atoms with Gasteiger partial charge in [0.25, 0.3) is 11.5 Å². The predicted octanol–water partition coefficient (Wildman–Crippen LogP) is 1.25. The van der Waals surface area contributed by atoms with Crippen molar-refractivity contribution < 1.29 is 14.3 Å². The molecule has 2 aromatic rings. The second-order valence-electron chi connectivity index (χ2n) is 7.97. The summed E-state index contributed by atoms with van der Waals surface area (Å²) in [6.07, 6.45) is 2.04. The zero-order valence-corrected chi connectivity index (χ0v) is 16.9. The number of aromatic nitrogens is 3. The highest BCUT2D eigenvalue weighted by molar-refractivity contribution is 6.05. The van der Waals surface area contributed by atoms with Gasteiger partial charge in [0.15, 0.2) is 11.4 Å². The van der Waals surface area contributed by atoms with Crippen LogP contribution in [0.1, 0.15) is 62.0 Å². The SMILES string of the molecule is CCn1c(=O)[nH]c(=O)c2c(C(=O)NC3CCC4(C3)OCCO4)cc(C(C)C)nc21. The van der Waals surface area contributed by atoms with Crippen LogP contribution in [0, 0.1) is 0 Å². The predicted molar refractivity (Wildman–Crippen MR) is 106 cm³/mol. The van der Waals surface area contributed by atoms with E-state index in [2.05, 4.69) is 15.3 Å². The number of amides is 1. The minimum absolute atomic E-state index is 0.0284. The van der Waals surface area contributed by atoms with Crippen molar-refractivity contribution in [1.82, 2.24) is 19.9 Å². The number of ether oxygens (including phenoxy) is 2. The van der Waals surface area contributed by atoms with Crippen LogP contribution in [0.3, 0.4) is 0 Å². The first-order valence-electron chi connectivity index (χ1n) is 10.1. The highest BCUT2D eigenvalue weighted by Crippen LogP contribution is 2.37. The highest BCUT2D eigenvalue weighted by atomic mass is 16.7. The molecule has 1 saturated carbocycles. The maximum atomic E-state index is 13.2. The summed E-state index contributed by atoms with van der Waals surface area (Å²) in [5, 5.41) is 3.15. The van der Waals surface area contributed by atoms with Crippen LogP contribution in [0.15, 0.2) is 15.7 Å². The van der Waals surface area contributed by atoms with Gasteiger partial charge in [-0.05, 0) is 25.3 Å². The Morgan fingerprint density at radius 1 is 1.38 bits per heavy atom. The van der Waals surface area contributed by atoms with Crippen molar-refractivity contribution in [3.8, 4) is 0 Å². The summed E-state index contributed by atoms with van der Waals surface area (Å²) in [6, 6.07) is 1.54. The fraction of sp³-hybridized carbons (Fsp3) is 0.600. The van der Waals surface area contributed by atoms with Crippen LogP contribution in [0.4, 0.5) is 0 Å². The number of aromatic amines is 1. The van der Waals surface area contributed by atoms with E-state index in [1.807, 2.05) is 13.8 Å². The third kappa shape index (κ3) is 3.49. The van der Waals surface area contributed by atoms with Crippen molar-refractivity contribution in [2.24, 2.45) is 0 Å². The Balaban J connectivity index is 1.75. The Bertz CT molecular complexity index is 1060. The number of pyridine rings is 1. The number of carbonyl (C=O) groups is 1. The Labute approximate surface area is 167 Å². The van der Waals surface area contributed by atoms with E-state index in [-0.39, 0.29) is 34.5 Å². The molecule has 0 radical (unpaired) electrons. The number of H-pyrrole nitrogens is 1. The van der Waals surface area contributed by atoms with E-state index in [4.69, 9.17) is 9.47 Å². The summed E-state index contributed by atoms with van der Waals surface area (Å²) in [7, 11) is 0. The minimum Gasteiger partial charge on any atom is -0.349 e. The normalized spacial score (nSPS) is 20.8. The second kappa shape index (κ2) is 7.38. The maximum Gasteiger partial charge on any atom is 0.329 e. The van der Waals surface area contributed by atoms with Gasteiger partial charge in [0.1, 0.15) is 0 Å². The molecule has 29 heavy (non-hydrogen) atoms. The number of fused-ring (bicyclic) bond motifs is 1. The Morgan fingerprint density at radius 3 is 2.76 bits per heavy atom. The summed E-state index contributed by atoms with van der Waals surface area (Å²) >= 11 is 0. The fourth-order valence-corrected chi connectivity index (χ4v) is 4.18. The summed E-state index contributed by atoms with van der Waals surface area (Å²) in [5.41, 5.74) is -0.00875. The number of rotatable bonds is 4. The summed E-state index contributed by atoms with van der Waals surface area (Å²) in [4.78, 5) is 44.8. The largest absolute Gasteiger partial charge is 0.349 e. The molecule has 1 spiro atoms. The van der Waals surface area contributed by atoms with Crippen molar-refractivity contribution in [1.29, 1.82) is 0 Å². The number of nitrogens with zero attached hydrogens (tertiary/aromatic N) is 2. The zero-order chi connectivity index (χ0) is 20.8. The first-order chi connectivity index (χ1) is 13.8. The molecule has 2 aromatic heterocycles. The van der Waals surface area contributed by atoms with Crippen LogP contribution in [0.5, 0.6) is 0 Å². The third-order valence-corrected chi connectivity index (χ3v) is 5.70. The molecule has 9 heteroatoms. The molecule has 3 heterocycles. The van der Waals surface area contributed by atoms with E-state index >= 15 is 0 Å². The molecule has 0 bridgehead atoms. The van der Waals surface area contributed by atoms with Crippen LogP contribution in [-0.2, 0) is 16.0 Å². The molecule has 2 fully saturated rings. The Hall–Kier alpha value is -2.52. The van der Waals surface area contributed by atoms with Gasteiger partial charge in [-0.15, -0.1) is 0 Å². The van der Waals surface area contributed by atoms with Crippen LogP contribution < -0.4 is 16.6 Å². The van der Waals surface area contributed by atoms with Crippen LogP contribution in [0.25, 0.3) is 11.0 Å². The lowest BCUT2D eigenvalue weighted by molar-refractivity contribution is -0.151. The Morgan fingerprint density at radius 2 is 2.10 bits per heavy atom. The van der Waals surface area contributed by atoms with Gasteiger partial charge in [-0.3, -0.25) is 19.1 Å². The van der Waals surface area contributed by atoms with Crippen LogP contribution in [-0.4, -0.2) is 45.5 Å². The quantitative estimate of drug-likeness (QED) is 0.795. The van der Waals surface area contributed by atoms with Gasteiger partial charge < -0.3 is 14.8 Å². The number of hydrogen-bond donors (Lipinski definition) is 2. The van der Waals surface area contributed by atoms with Crippen molar-refractivity contribution in [2.75, 3.05) is 13.2 Å². The molecule has 1 aliphatic carbocycles. The third-order valence-electron chi connectivity index (χ3n) is 5.70. The van der Waals surface area contributed by atoms with E-state index < -0.39 is 17.0 Å². The molecule has 4 rings (SSSR count). The van der Waals surface area contributed by atoms with Crippen molar-refractivity contribution in [3.05, 3.63) is 38.2 Å².